The molecule has 2 aromatic carbocycles. The van der Waals surface area contributed by atoms with Crippen molar-refractivity contribution in [1.82, 2.24) is 0 Å². The van der Waals surface area contributed by atoms with Gasteiger partial charge in [-0.3, -0.25) is 10.1 Å². The number of benzene rings is 2. The maximum Gasteiger partial charge on any atom is 0.335 e. The van der Waals surface area contributed by atoms with Crippen LogP contribution in [-0.4, -0.2) is 38.9 Å². The third-order valence-electron chi connectivity index (χ3n) is 3.51. The SMILES string of the molecule is O=C(O)c1ccc(N[C@@H](CSCc2cccc(F)c2)C(=O)O)c([N+](=O)[O-])c1. The molecule has 0 bridgehead atoms. The second-order valence-electron chi connectivity index (χ2n) is 5.47. The summed E-state index contributed by atoms with van der Waals surface area (Å²) in [6.07, 6.45) is 0. The Balaban J connectivity index is 2.10. The number of rotatable bonds is 9. The van der Waals surface area contributed by atoms with Gasteiger partial charge in [0.25, 0.3) is 5.69 Å². The highest BCUT2D eigenvalue weighted by atomic mass is 32.2. The zero-order valence-corrected chi connectivity index (χ0v) is 14.6. The van der Waals surface area contributed by atoms with E-state index in [-0.39, 0.29) is 17.0 Å². The fourth-order valence-electron chi connectivity index (χ4n) is 2.22. The molecule has 1 atom stereocenters. The van der Waals surface area contributed by atoms with Crippen LogP contribution < -0.4 is 5.32 Å². The van der Waals surface area contributed by atoms with Crippen LogP contribution in [0.5, 0.6) is 0 Å². The largest absolute Gasteiger partial charge is 0.480 e. The molecular weight excluding hydrogens is 379 g/mol. The van der Waals surface area contributed by atoms with Crippen LogP contribution in [0.25, 0.3) is 0 Å². The summed E-state index contributed by atoms with van der Waals surface area (Å²) < 4.78 is 13.2. The molecule has 2 rings (SSSR count). The molecule has 3 N–H and O–H groups in total. The van der Waals surface area contributed by atoms with E-state index in [1.54, 1.807) is 12.1 Å². The number of carboxylic acids is 2. The van der Waals surface area contributed by atoms with Crippen LogP contribution in [0, 0.1) is 15.9 Å². The number of nitro groups is 1. The minimum Gasteiger partial charge on any atom is -0.480 e. The lowest BCUT2D eigenvalue weighted by atomic mass is 10.1. The Morgan fingerprint density at radius 2 is 1.96 bits per heavy atom. The highest BCUT2D eigenvalue weighted by molar-refractivity contribution is 7.98. The van der Waals surface area contributed by atoms with Crippen molar-refractivity contribution >= 4 is 35.1 Å². The molecule has 0 fully saturated rings. The zero-order valence-electron chi connectivity index (χ0n) is 13.8. The summed E-state index contributed by atoms with van der Waals surface area (Å²) >= 11 is 1.22. The minimum atomic E-state index is -1.33. The molecule has 142 valence electrons. The van der Waals surface area contributed by atoms with Crippen molar-refractivity contribution in [3.8, 4) is 0 Å². The van der Waals surface area contributed by atoms with E-state index >= 15 is 0 Å². The van der Waals surface area contributed by atoms with Crippen molar-refractivity contribution in [2.45, 2.75) is 11.8 Å². The van der Waals surface area contributed by atoms with E-state index in [2.05, 4.69) is 5.32 Å². The number of hydrogen-bond acceptors (Lipinski definition) is 6. The predicted molar refractivity (Wildman–Crippen MR) is 97.7 cm³/mol. The van der Waals surface area contributed by atoms with Gasteiger partial charge in [-0.15, -0.1) is 0 Å². The molecule has 0 radical (unpaired) electrons. The number of nitro benzene ring substituents is 1. The summed E-state index contributed by atoms with van der Waals surface area (Å²) in [4.78, 5) is 32.8. The average Bonchev–Trinajstić information content (AvgIpc) is 2.60. The number of aromatic carboxylic acids is 1. The number of halogens is 1. The molecule has 27 heavy (non-hydrogen) atoms. The first kappa shape index (κ1) is 20.2. The quantitative estimate of drug-likeness (QED) is 0.437. The molecule has 0 spiro atoms. The first-order chi connectivity index (χ1) is 12.8. The number of nitrogens with zero attached hydrogens (tertiary/aromatic N) is 1. The first-order valence-electron chi connectivity index (χ1n) is 7.61. The van der Waals surface area contributed by atoms with Crippen LogP contribution in [0.4, 0.5) is 15.8 Å². The van der Waals surface area contributed by atoms with Gasteiger partial charge in [0, 0.05) is 17.6 Å². The number of aliphatic carboxylic acids is 1. The van der Waals surface area contributed by atoms with Gasteiger partial charge >= 0.3 is 11.9 Å². The first-order valence-corrected chi connectivity index (χ1v) is 8.76. The molecule has 0 heterocycles. The van der Waals surface area contributed by atoms with Crippen LogP contribution in [-0.2, 0) is 10.5 Å². The molecule has 0 amide bonds. The van der Waals surface area contributed by atoms with Gasteiger partial charge in [0.15, 0.2) is 0 Å². The van der Waals surface area contributed by atoms with Gasteiger partial charge in [-0.05, 0) is 29.8 Å². The van der Waals surface area contributed by atoms with E-state index in [0.29, 0.717) is 11.3 Å². The lowest BCUT2D eigenvalue weighted by Crippen LogP contribution is -2.32. The Morgan fingerprint density at radius 1 is 1.22 bits per heavy atom. The van der Waals surface area contributed by atoms with Crippen LogP contribution in [0.2, 0.25) is 0 Å². The summed E-state index contributed by atoms with van der Waals surface area (Å²) in [6.45, 7) is 0. The van der Waals surface area contributed by atoms with Gasteiger partial charge in [0.1, 0.15) is 17.5 Å². The third-order valence-corrected chi connectivity index (χ3v) is 4.62. The van der Waals surface area contributed by atoms with Gasteiger partial charge in [-0.2, -0.15) is 11.8 Å². The molecule has 0 saturated carbocycles. The molecule has 2 aromatic rings. The number of thioether (sulfide) groups is 1. The number of anilines is 1. The summed E-state index contributed by atoms with van der Waals surface area (Å²) in [7, 11) is 0. The Kier molecular flexibility index (Phi) is 6.72. The molecule has 0 aliphatic rings. The van der Waals surface area contributed by atoms with Crippen molar-refractivity contribution in [2.75, 3.05) is 11.1 Å². The van der Waals surface area contributed by atoms with E-state index in [0.717, 1.165) is 18.2 Å². The van der Waals surface area contributed by atoms with Crippen molar-refractivity contribution in [3.05, 3.63) is 69.5 Å². The van der Waals surface area contributed by atoms with Gasteiger partial charge in [0.05, 0.1) is 10.5 Å². The Morgan fingerprint density at radius 3 is 2.56 bits per heavy atom. The second kappa shape index (κ2) is 8.99. The van der Waals surface area contributed by atoms with Gasteiger partial charge in [-0.25, -0.2) is 14.0 Å². The van der Waals surface area contributed by atoms with E-state index in [9.17, 15) is 29.2 Å². The summed E-state index contributed by atoms with van der Waals surface area (Å²) in [6, 6.07) is 7.91. The fourth-order valence-corrected chi connectivity index (χ4v) is 3.22. The molecule has 0 aromatic heterocycles. The van der Waals surface area contributed by atoms with E-state index < -0.39 is 34.4 Å². The molecule has 8 nitrogen and oxygen atoms in total. The standard InChI is InChI=1S/C17H15FN2O6S/c18-12-3-1-2-10(6-12)8-27-9-14(17(23)24)19-13-5-4-11(16(21)22)7-15(13)20(25)26/h1-7,14,19H,8-9H2,(H,21,22)(H,23,24)/t14-/m0/s1. The van der Waals surface area contributed by atoms with Crippen molar-refractivity contribution in [1.29, 1.82) is 0 Å². The Bertz CT molecular complexity index is 876. The normalized spacial score (nSPS) is 11.6. The van der Waals surface area contributed by atoms with Crippen LogP contribution in [0.1, 0.15) is 15.9 Å². The monoisotopic (exact) mass is 394 g/mol. The number of carboxylic acid groups (broad SMARTS) is 2. The number of carbonyl (C=O) groups is 2. The molecule has 0 unspecified atom stereocenters. The topological polar surface area (TPSA) is 130 Å². The molecule has 0 aliphatic carbocycles. The zero-order chi connectivity index (χ0) is 20.0. The van der Waals surface area contributed by atoms with Crippen LogP contribution in [0.15, 0.2) is 42.5 Å². The molecule has 0 saturated heterocycles. The lowest BCUT2D eigenvalue weighted by Gasteiger charge is -2.16. The summed E-state index contributed by atoms with van der Waals surface area (Å²) in [5.74, 6) is -2.52. The van der Waals surface area contributed by atoms with Gasteiger partial charge in [0.2, 0.25) is 0 Å². The smallest absolute Gasteiger partial charge is 0.335 e. The van der Waals surface area contributed by atoms with Crippen molar-refractivity contribution in [3.63, 3.8) is 0 Å². The highest BCUT2D eigenvalue weighted by Crippen LogP contribution is 2.27. The second-order valence-corrected chi connectivity index (χ2v) is 6.50. The van der Waals surface area contributed by atoms with E-state index in [4.69, 9.17) is 5.11 Å². The Labute approximate surface area is 157 Å². The third kappa shape index (κ3) is 5.68. The Hall–Kier alpha value is -3.14. The van der Waals surface area contributed by atoms with Gasteiger partial charge in [-0.1, -0.05) is 12.1 Å². The van der Waals surface area contributed by atoms with Crippen molar-refractivity contribution < 1.29 is 29.1 Å². The van der Waals surface area contributed by atoms with Crippen molar-refractivity contribution in [2.24, 2.45) is 0 Å². The van der Waals surface area contributed by atoms with E-state index in [1.807, 2.05) is 0 Å². The average molecular weight is 394 g/mol. The molecule has 10 heteroatoms. The molecular formula is C17H15FN2O6S. The van der Waals surface area contributed by atoms with Gasteiger partial charge < -0.3 is 15.5 Å². The van der Waals surface area contributed by atoms with E-state index in [1.165, 1.54) is 23.9 Å². The number of nitrogens with one attached hydrogen (secondary N) is 1. The lowest BCUT2D eigenvalue weighted by molar-refractivity contribution is -0.384. The molecule has 0 aliphatic heterocycles. The fraction of sp³-hybridized carbons (Fsp3) is 0.176. The van der Waals surface area contributed by atoms with Crippen LogP contribution >= 0.6 is 11.8 Å². The maximum atomic E-state index is 13.2. The predicted octanol–water partition coefficient (Wildman–Crippen LogP) is 3.23. The summed E-state index contributed by atoms with van der Waals surface area (Å²) in [5.41, 5.74) is -0.222. The minimum absolute atomic E-state index is 0.0592. The highest BCUT2D eigenvalue weighted by Gasteiger charge is 2.23. The van der Waals surface area contributed by atoms with Crippen LogP contribution in [0.3, 0.4) is 0 Å². The summed E-state index contributed by atoms with van der Waals surface area (Å²) in [5, 5.41) is 32.0. The maximum absolute atomic E-state index is 13.2. The number of hydrogen-bond donors (Lipinski definition) is 3.